The molecule has 0 heterocycles. The zero-order valence-electron chi connectivity index (χ0n) is 7.05. The maximum Gasteiger partial charge on any atom is 0.0444 e. The van der Waals surface area contributed by atoms with Crippen molar-refractivity contribution in [3.8, 4) is 0 Å². The first-order valence-electron chi connectivity index (χ1n) is 4.20. The molecule has 0 aliphatic heterocycles. The molecule has 1 saturated carbocycles. The summed E-state index contributed by atoms with van der Waals surface area (Å²) in [4.78, 5) is 0. The first-order valence-corrected chi connectivity index (χ1v) is 4.58. The van der Waals surface area contributed by atoms with Crippen molar-refractivity contribution in [3.05, 3.63) is 34.3 Å². The first-order chi connectivity index (χ1) is 5.68. The standard InChI is InChI=1S/C10H12ClN/c1-6-2-3-7(9(11)4-6)8-5-10(8)12/h2-4,8,10H,5,12H2,1H3. The van der Waals surface area contributed by atoms with Crippen LogP contribution in [0.5, 0.6) is 0 Å². The molecule has 1 aromatic carbocycles. The minimum Gasteiger partial charge on any atom is -0.327 e. The van der Waals surface area contributed by atoms with Crippen LogP contribution in [0.2, 0.25) is 5.02 Å². The second-order valence-corrected chi connectivity index (χ2v) is 3.94. The molecule has 2 rings (SSSR count). The Balaban J connectivity index is 2.33. The van der Waals surface area contributed by atoms with Crippen LogP contribution in [-0.2, 0) is 0 Å². The SMILES string of the molecule is Cc1ccc(C2CC2N)c(Cl)c1. The topological polar surface area (TPSA) is 26.0 Å². The van der Waals surface area contributed by atoms with Gasteiger partial charge in [-0.05, 0) is 30.5 Å². The molecule has 2 unspecified atom stereocenters. The van der Waals surface area contributed by atoms with Gasteiger partial charge in [-0.15, -0.1) is 0 Å². The van der Waals surface area contributed by atoms with Gasteiger partial charge in [0.1, 0.15) is 0 Å². The Hall–Kier alpha value is -0.530. The normalized spacial score (nSPS) is 27.2. The maximum absolute atomic E-state index is 6.07. The Bertz CT molecular complexity index is 309. The maximum atomic E-state index is 6.07. The first kappa shape index (κ1) is 8.09. The molecule has 0 amide bonds. The predicted molar refractivity (Wildman–Crippen MR) is 51.5 cm³/mol. The summed E-state index contributed by atoms with van der Waals surface area (Å²) in [5.74, 6) is 0.512. The molecule has 2 N–H and O–H groups in total. The summed E-state index contributed by atoms with van der Waals surface area (Å²) in [6.07, 6.45) is 1.09. The van der Waals surface area contributed by atoms with Crippen molar-refractivity contribution in [1.29, 1.82) is 0 Å². The molecule has 1 nitrogen and oxygen atoms in total. The quantitative estimate of drug-likeness (QED) is 0.708. The molecule has 1 fully saturated rings. The van der Waals surface area contributed by atoms with Crippen LogP contribution in [0.4, 0.5) is 0 Å². The Morgan fingerprint density at radius 1 is 1.50 bits per heavy atom. The lowest BCUT2D eigenvalue weighted by Gasteiger charge is -2.02. The Kier molecular flexibility index (Phi) is 1.85. The van der Waals surface area contributed by atoms with E-state index in [1.807, 2.05) is 13.0 Å². The average Bonchev–Trinajstić information content (AvgIpc) is 2.66. The fourth-order valence-electron chi connectivity index (χ4n) is 1.51. The summed E-state index contributed by atoms with van der Waals surface area (Å²) < 4.78 is 0. The number of hydrogen-bond donors (Lipinski definition) is 1. The van der Waals surface area contributed by atoms with Crippen LogP contribution in [0.25, 0.3) is 0 Å². The summed E-state index contributed by atoms with van der Waals surface area (Å²) in [6, 6.07) is 6.52. The summed E-state index contributed by atoms with van der Waals surface area (Å²) >= 11 is 6.07. The number of nitrogens with two attached hydrogens (primary N) is 1. The summed E-state index contributed by atoms with van der Waals surface area (Å²) in [5, 5.41) is 0.868. The van der Waals surface area contributed by atoms with E-state index in [2.05, 4.69) is 12.1 Å². The zero-order chi connectivity index (χ0) is 8.72. The zero-order valence-corrected chi connectivity index (χ0v) is 7.81. The van der Waals surface area contributed by atoms with E-state index in [-0.39, 0.29) is 0 Å². The second kappa shape index (κ2) is 2.75. The van der Waals surface area contributed by atoms with Crippen LogP contribution >= 0.6 is 11.6 Å². The predicted octanol–water partition coefficient (Wildman–Crippen LogP) is 2.46. The van der Waals surface area contributed by atoms with Gasteiger partial charge in [-0.3, -0.25) is 0 Å². The van der Waals surface area contributed by atoms with Gasteiger partial charge in [0, 0.05) is 17.0 Å². The minimum atomic E-state index is 0.338. The van der Waals surface area contributed by atoms with Gasteiger partial charge in [0.05, 0.1) is 0 Å². The van der Waals surface area contributed by atoms with Crippen molar-refractivity contribution >= 4 is 11.6 Å². The highest BCUT2D eigenvalue weighted by Gasteiger charge is 2.35. The summed E-state index contributed by atoms with van der Waals surface area (Å²) in [5.41, 5.74) is 8.17. The molecule has 0 aromatic heterocycles. The van der Waals surface area contributed by atoms with E-state index in [0.29, 0.717) is 12.0 Å². The Morgan fingerprint density at radius 3 is 2.67 bits per heavy atom. The summed E-state index contributed by atoms with van der Waals surface area (Å²) in [6.45, 7) is 2.04. The van der Waals surface area contributed by atoms with E-state index in [0.717, 1.165) is 11.4 Å². The van der Waals surface area contributed by atoms with Gasteiger partial charge in [-0.25, -0.2) is 0 Å². The number of aryl methyl sites for hydroxylation is 1. The van der Waals surface area contributed by atoms with E-state index < -0.39 is 0 Å². The van der Waals surface area contributed by atoms with Crippen molar-refractivity contribution in [2.45, 2.75) is 25.3 Å². The molecule has 1 aromatic rings. The van der Waals surface area contributed by atoms with Gasteiger partial charge < -0.3 is 5.73 Å². The van der Waals surface area contributed by atoms with Crippen LogP contribution in [0.3, 0.4) is 0 Å². The van der Waals surface area contributed by atoms with E-state index in [1.165, 1.54) is 11.1 Å². The van der Waals surface area contributed by atoms with Gasteiger partial charge in [-0.1, -0.05) is 23.7 Å². The Labute approximate surface area is 77.5 Å². The average molecular weight is 182 g/mol. The lowest BCUT2D eigenvalue weighted by molar-refractivity contribution is 0.990. The highest BCUT2D eigenvalue weighted by Crippen LogP contribution is 2.42. The summed E-state index contributed by atoms with van der Waals surface area (Å²) in [7, 11) is 0. The monoisotopic (exact) mass is 181 g/mol. The van der Waals surface area contributed by atoms with E-state index in [4.69, 9.17) is 17.3 Å². The highest BCUT2D eigenvalue weighted by molar-refractivity contribution is 6.31. The van der Waals surface area contributed by atoms with Crippen LogP contribution in [0, 0.1) is 6.92 Å². The van der Waals surface area contributed by atoms with E-state index >= 15 is 0 Å². The molecule has 0 saturated heterocycles. The fourth-order valence-corrected chi connectivity index (χ4v) is 1.88. The minimum absolute atomic E-state index is 0.338. The fraction of sp³-hybridized carbons (Fsp3) is 0.400. The largest absolute Gasteiger partial charge is 0.327 e. The van der Waals surface area contributed by atoms with Crippen LogP contribution < -0.4 is 5.73 Å². The van der Waals surface area contributed by atoms with Crippen LogP contribution in [0.15, 0.2) is 18.2 Å². The van der Waals surface area contributed by atoms with Crippen molar-refractivity contribution in [1.82, 2.24) is 0 Å². The molecule has 1 aliphatic rings. The molecule has 2 heteroatoms. The molecular formula is C10H12ClN. The Morgan fingerprint density at radius 2 is 2.17 bits per heavy atom. The molecule has 0 spiro atoms. The van der Waals surface area contributed by atoms with E-state index in [9.17, 15) is 0 Å². The van der Waals surface area contributed by atoms with E-state index in [1.54, 1.807) is 0 Å². The van der Waals surface area contributed by atoms with Crippen molar-refractivity contribution < 1.29 is 0 Å². The third-order valence-corrected chi connectivity index (χ3v) is 2.72. The smallest absolute Gasteiger partial charge is 0.0444 e. The molecule has 1 aliphatic carbocycles. The lowest BCUT2D eigenvalue weighted by Crippen LogP contribution is -2.01. The molecule has 0 radical (unpaired) electrons. The van der Waals surface area contributed by atoms with Crippen LogP contribution in [-0.4, -0.2) is 6.04 Å². The van der Waals surface area contributed by atoms with Gasteiger partial charge >= 0.3 is 0 Å². The number of rotatable bonds is 1. The van der Waals surface area contributed by atoms with Gasteiger partial charge in [0.15, 0.2) is 0 Å². The third kappa shape index (κ3) is 1.35. The number of benzene rings is 1. The molecule has 12 heavy (non-hydrogen) atoms. The van der Waals surface area contributed by atoms with Crippen molar-refractivity contribution in [2.75, 3.05) is 0 Å². The van der Waals surface area contributed by atoms with Gasteiger partial charge in [0.25, 0.3) is 0 Å². The van der Waals surface area contributed by atoms with Crippen molar-refractivity contribution in [2.24, 2.45) is 5.73 Å². The van der Waals surface area contributed by atoms with Gasteiger partial charge in [0.2, 0.25) is 0 Å². The highest BCUT2D eigenvalue weighted by atomic mass is 35.5. The van der Waals surface area contributed by atoms with Crippen LogP contribution in [0.1, 0.15) is 23.5 Å². The number of hydrogen-bond acceptors (Lipinski definition) is 1. The number of halogens is 1. The third-order valence-electron chi connectivity index (χ3n) is 2.40. The van der Waals surface area contributed by atoms with Crippen molar-refractivity contribution in [3.63, 3.8) is 0 Å². The van der Waals surface area contributed by atoms with Gasteiger partial charge in [-0.2, -0.15) is 0 Å². The molecule has 0 bridgehead atoms. The molecule has 64 valence electrons. The lowest BCUT2D eigenvalue weighted by atomic mass is 10.1. The molecule has 2 atom stereocenters. The molecular weight excluding hydrogens is 170 g/mol. The second-order valence-electron chi connectivity index (χ2n) is 3.53.